The normalized spacial score (nSPS) is 15.0. The molecule has 1 heterocycles. The molecule has 0 radical (unpaired) electrons. The number of thiol groups is 2. The van der Waals surface area contributed by atoms with E-state index in [9.17, 15) is 20.2 Å². The van der Waals surface area contributed by atoms with Crippen molar-refractivity contribution in [1.82, 2.24) is 10.9 Å². The molecule has 4 rings (SSSR count). The predicted octanol–water partition coefficient (Wildman–Crippen LogP) is 1.03. The Bertz CT molecular complexity index is 1260. The zero-order valence-corrected chi connectivity index (χ0v) is 22.6. The summed E-state index contributed by atoms with van der Waals surface area (Å²) in [5, 5.41) is 25.6. The van der Waals surface area contributed by atoms with E-state index in [1.54, 1.807) is 28.4 Å². The monoisotopic (exact) mass is 524 g/mol. The fourth-order valence-electron chi connectivity index (χ4n) is 3.51. The van der Waals surface area contributed by atoms with E-state index in [4.69, 9.17) is 4.74 Å². The SMILES string of the molecule is COc1cc([N+](=O)[O-])ccc1N1NC(Cc2ccc(S)cc2S)NN1c1ccc([N+](=O)[O-])cc1.[H-].[Na+]. The maximum atomic E-state index is 11.2. The van der Waals surface area contributed by atoms with Crippen LogP contribution in [0.1, 0.15) is 6.99 Å². The molecule has 1 unspecified atom stereocenters. The van der Waals surface area contributed by atoms with E-state index < -0.39 is 9.85 Å². The Morgan fingerprint density at radius 2 is 1.57 bits per heavy atom. The van der Waals surface area contributed by atoms with Gasteiger partial charge in [0.25, 0.3) is 11.4 Å². The average Bonchev–Trinajstić information content (AvgIpc) is 3.24. The molecule has 0 aliphatic carbocycles. The number of hydrogen-bond acceptors (Lipinski definition) is 11. The molecule has 1 saturated heterocycles. The first-order valence-electron chi connectivity index (χ1n) is 9.97. The fraction of sp³-hybridized carbons (Fsp3) is 0.143. The third-order valence-electron chi connectivity index (χ3n) is 5.16. The molecule has 0 amide bonds. The summed E-state index contributed by atoms with van der Waals surface area (Å²) in [6.07, 6.45) is 0.217. The van der Waals surface area contributed by atoms with Crippen molar-refractivity contribution in [2.45, 2.75) is 22.4 Å². The largest absolute Gasteiger partial charge is 1.00 e. The van der Waals surface area contributed by atoms with E-state index in [-0.39, 0.29) is 54.3 Å². The molecule has 0 bridgehead atoms. The summed E-state index contributed by atoms with van der Waals surface area (Å²) < 4.78 is 5.42. The van der Waals surface area contributed by atoms with E-state index in [1.165, 1.54) is 31.4 Å². The van der Waals surface area contributed by atoms with Gasteiger partial charge in [0.1, 0.15) is 11.9 Å². The summed E-state index contributed by atoms with van der Waals surface area (Å²) in [4.78, 5) is 22.9. The zero-order chi connectivity index (χ0) is 24.4. The number of hydrazine groups is 3. The molecule has 2 N–H and O–H groups in total. The Morgan fingerprint density at radius 1 is 0.943 bits per heavy atom. The quantitative estimate of drug-likeness (QED) is 0.155. The van der Waals surface area contributed by atoms with E-state index >= 15 is 0 Å². The van der Waals surface area contributed by atoms with Gasteiger partial charge in [0.15, 0.2) is 5.75 Å². The maximum absolute atomic E-state index is 11.2. The van der Waals surface area contributed by atoms with Crippen LogP contribution in [0.25, 0.3) is 0 Å². The van der Waals surface area contributed by atoms with Crippen molar-refractivity contribution in [2.75, 3.05) is 17.3 Å². The number of methoxy groups -OCH3 is 1. The van der Waals surface area contributed by atoms with Crippen molar-refractivity contribution in [3.8, 4) is 5.75 Å². The van der Waals surface area contributed by atoms with Crippen LogP contribution in [-0.2, 0) is 6.42 Å². The summed E-state index contributed by atoms with van der Waals surface area (Å²) >= 11 is 8.87. The Hall–Kier alpha value is -2.52. The van der Waals surface area contributed by atoms with Crippen LogP contribution in [-0.4, -0.2) is 23.1 Å². The number of rotatable bonds is 7. The van der Waals surface area contributed by atoms with Crippen LogP contribution in [0.2, 0.25) is 0 Å². The van der Waals surface area contributed by atoms with Gasteiger partial charge in [0, 0.05) is 34.4 Å². The standard InChI is InChI=1S/C21H20N6O5S2.Na.H/c1-32-19-11-16(27(30)31)7-9-18(19)25-23-21(10-13-2-8-17(33)12-20(13)34)22-24(25)14-3-5-15(6-4-14)26(28)29;;/h2-9,11-12,21-23,33-34H,10H2,1H3;;/q;+1;-1. The molecule has 0 aromatic heterocycles. The molecular weight excluding hydrogens is 503 g/mol. The molecule has 3 aromatic rings. The molecule has 14 heteroatoms. The van der Waals surface area contributed by atoms with Crippen molar-refractivity contribution in [1.29, 1.82) is 0 Å². The molecular formula is C21H21N6NaO5S2. The van der Waals surface area contributed by atoms with Gasteiger partial charge in [-0.25, -0.2) is 5.12 Å². The number of benzene rings is 3. The van der Waals surface area contributed by atoms with E-state index in [0.29, 0.717) is 17.8 Å². The number of ether oxygens (including phenoxy) is 1. The molecule has 11 nitrogen and oxygen atoms in total. The minimum Gasteiger partial charge on any atom is -1.00 e. The topological polar surface area (TPSA) is 126 Å². The van der Waals surface area contributed by atoms with Crippen molar-refractivity contribution >= 4 is 48.0 Å². The number of nitrogens with one attached hydrogen (secondary N) is 2. The predicted molar refractivity (Wildman–Crippen MR) is 134 cm³/mol. The summed E-state index contributed by atoms with van der Waals surface area (Å²) in [5.74, 6) is 0.269. The van der Waals surface area contributed by atoms with Crippen LogP contribution in [0.3, 0.4) is 0 Å². The zero-order valence-electron chi connectivity index (χ0n) is 19.8. The van der Waals surface area contributed by atoms with Crippen LogP contribution in [0.5, 0.6) is 5.75 Å². The summed E-state index contributed by atoms with van der Waals surface area (Å²) in [6, 6.07) is 15.9. The Labute approximate surface area is 235 Å². The first kappa shape index (κ1) is 27.1. The third kappa shape index (κ3) is 6.01. The average molecular weight is 525 g/mol. The Balaban J connectivity index is 0.00000228. The van der Waals surface area contributed by atoms with Crippen LogP contribution in [0.4, 0.5) is 22.7 Å². The number of nitro groups is 2. The van der Waals surface area contributed by atoms with Gasteiger partial charge >= 0.3 is 29.6 Å². The second kappa shape index (κ2) is 11.5. The fourth-order valence-corrected chi connectivity index (χ4v) is 4.12. The van der Waals surface area contributed by atoms with Crippen LogP contribution in [0.15, 0.2) is 70.5 Å². The van der Waals surface area contributed by atoms with Gasteiger partial charge in [-0.15, -0.1) is 25.3 Å². The number of hydrogen-bond donors (Lipinski definition) is 4. The number of nitrogens with zero attached hydrogens (tertiary/aromatic N) is 4. The molecule has 1 atom stereocenters. The van der Waals surface area contributed by atoms with Crippen LogP contribution >= 0.6 is 25.3 Å². The second-order valence-electron chi connectivity index (χ2n) is 7.34. The summed E-state index contributed by atoms with van der Waals surface area (Å²) in [6.45, 7) is 0. The first-order chi connectivity index (χ1) is 16.3. The van der Waals surface area contributed by atoms with E-state index in [1.807, 2.05) is 18.2 Å². The van der Waals surface area contributed by atoms with Gasteiger partial charge < -0.3 is 6.16 Å². The number of anilines is 2. The van der Waals surface area contributed by atoms with E-state index in [0.717, 1.165) is 15.4 Å². The van der Waals surface area contributed by atoms with Crippen LogP contribution in [0, 0.1) is 20.2 Å². The molecule has 3 aromatic carbocycles. The van der Waals surface area contributed by atoms with Crippen molar-refractivity contribution in [3.05, 3.63) is 86.5 Å². The molecule has 1 fully saturated rings. The van der Waals surface area contributed by atoms with Gasteiger partial charge in [-0.3, -0.25) is 20.2 Å². The number of nitro benzene ring substituents is 2. The van der Waals surface area contributed by atoms with Crippen molar-refractivity contribution < 1.29 is 45.6 Å². The third-order valence-corrected chi connectivity index (χ3v) is 5.85. The molecule has 1 aliphatic heterocycles. The van der Waals surface area contributed by atoms with Gasteiger partial charge in [-0.2, -0.15) is 16.0 Å². The van der Waals surface area contributed by atoms with E-state index in [2.05, 4.69) is 36.1 Å². The molecule has 178 valence electrons. The minimum absolute atomic E-state index is 0. The van der Waals surface area contributed by atoms with Gasteiger partial charge in [0.2, 0.25) is 0 Å². The minimum atomic E-state index is -0.502. The first-order valence-corrected chi connectivity index (χ1v) is 10.9. The molecule has 35 heavy (non-hydrogen) atoms. The smallest absolute Gasteiger partial charge is 1.00 e. The van der Waals surface area contributed by atoms with Crippen LogP contribution < -0.4 is 55.4 Å². The van der Waals surface area contributed by atoms with Gasteiger partial charge in [0.05, 0.1) is 28.7 Å². The second-order valence-corrected chi connectivity index (χ2v) is 8.34. The van der Waals surface area contributed by atoms with Crippen molar-refractivity contribution in [3.63, 3.8) is 0 Å². The van der Waals surface area contributed by atoms with Crippen molar-refractivity contribution in [2.24, 2.45) is 0 Å². The molecule has 1 aliphatic rings. The molecule has 0 spiro atoms. The maximum Gasteiger partial charge on any atom is 1.00 e. The van der Waals surface area contributed by atoms with Gasteiger partial charge in [-0.1, -0.05) is 6.07 Å². The van der Waals surface area contributed by atoms with Gasteiger partial charge in [-0.05, 0) is 35.9 Å². The number of non-ortho nitro benzene ring substituents is 2. The Kier molecular flexibility index (Phi) is 8.88. The Morgan fingerprint density at radius 3 is 2.17 bits per heavy atom. The molecule has 0 saturated carbocycles. The summed E-state index contributed by atoms with van der Waals surface area (Å²) in [7, 11) is 1.42. The summed E-state index contributed by atoms with van der Waals surface area (Å²) in [5.41, 5.74) is 8.54.